The molecule has 1 aromatic heterocycles. The van der Waals surface area contributed by atoms with Crippen molar-refractivity contribution in [3.8, 4) is 0 Å². The minimum absolute atomic E-state index is 0.362. The maximum Gasteiger partial charge on any atom is 0.496 e. The molecule has 0 aliphatic carbocycles. The number of anilines is 1. The topological polar surface area (TPSA) is 34.6 Å². The highest BCUT2D eigenvalue weighted by molar-refractivity contribution is 9.10. The summed E-state index contributed by atoms with van der Waals surface area (Å²) in [5.74, 6) is 0.909. The maximum absolute atomic E-state index is 6.19. The van der Waals surface area contributed by atoms with E-state index in [-0.39, 0.29) is 11.2 Å². The monoisotopic (exact) mass is 416 g/mol. The summed E-state index contributed by atoms with van der Waals surface area (Å²) in [5, 5.41) is 0. The molecule has 4 nitrogen and oxygen atoms in total. The standard InChI is InChI=1S/C20H26BBrN2O2/c1-14-16(21-25-19(2,3)20(4,5)26-21)12-17(22)18(23-14)24(6)13-15-10-8-7-9-11-15/h7-12H,13H2,1-6H3. The molecule has 2 aromatic rings. The Morgan fingerprint density at radius 3 is 2.23 bits per heavy atom. The first-order valence-electron chi connectivity index (χ1n) is 8.88. The van der Waals surface area contributed by atoms with Gasteiger partial charge in [-0.2, -0.15) is 0 Å². The summed E-state index contributed by atoms with van der Waals surface area (Å²) in [6.45, 7) is 11.0. The highest BCUT2D eigenvalue weighted by Gasteiger charge is 2.52. The van der Waals surface area contributed by atoms with Gasteiger partial charge in [-0.15, -0.1) is 0 Å². The molecule has 2 heterocycles. The largest absolute Gasteiger partial charge is 0.496 e. The van der Waals surface area contributed by atoms with Crippen molar-refractivity contribution in [3.05, 3.63) is 52.1 Å². The lowest BCUT2D eigenvalue weighted by Crippen LogP contribution is -2.41. The Morgan fingerprint density at radius 1 is 1.08 bits per heavy atom. The smallest absolute Gasteiger partial charge is 0.399 e. The highest BCUT2D eigenvalue weighted by atomic mass is 79.9. The number of halogens is 1. The molecule has 0 radical (unpaired) electrons. The number of aryl methyl sites for hydroxylation is 1. The first-order valence-corrected chi connectivity index (χ1v) is 9.68. The number of aromatic nitrogens is 1. The predicted molar refractivity (Wildman–Crippen MR) is 111 cm³/mol. The van der Waals surface area contributed by atoms with E-state index < -0.39 is 7.12 Å². The van der Waals surface area contributed by atoms with Crippen LogP contribution in [0.3, 0.4) is 0 Å². The summed E-state index contributed by atoms with van der Waals surface area (Å²) in [6, 6.07) is 12.4. The third-order valence-electron chi connectivity index (χ3n) is 5.32. The van der Waals surface area contributed by atoms with E-state index in [1.807, 2.05) is 20.0 Å². The molecule has 0 spiro atoms. The van der Waals surface area contributed by atoms with E-state index in [2.05, 4.69) is 78.9 Å². The molecule has 26 heavy (non-hydrogen) atoms. The van der Waals surface area contributed by atoms with Crippen molar-refractivity contribution in [3.63, 3.8) is 0 Å². The molecule has 0 N–H and O–H groups in total. The fraction of sp³-hybridized carbons (Fsp3) is 0.450. The third-order valence-corrected chi connectivity index (χ3v) is 5.90. The van der Waals surface area contributed by atoms with Crippen LogP contribution < -0.4 is 10.4 Å². The Balaban J connectivity index is 1.85. The van der Waals surface area contributed by atoms with E-state index >= 15 is 0 Å². The zero-order valence-electron chi connectivity index (χ0n) is 16.3. The Morgan fingerprint density at radius 2 is 1.65 bits per heavy atom. The zero-order valence-corrected chi connectivity index (χ0v) is 17.9. The first kappa shape index (κ1) is 19.4. The highest BCUT2D eigenvalue weighted by Crippen LogP contribution is 2.37. The van der Waals surface area contributed by atoms with Gasteiger partial charge in [0.05, 0.1) is 15.7 Å². The molecule has 1 saturated heterocycles. The van der Waals surface area contributed by atoms with Gasteiger partial charge in [0.15, 0.2) is 0 Å². The fourth-order valence-corrected chi connectivity index (χ4v) is 3.63. The van der Waals surface area contributed by atoms with Gasteiger partial charge in [-0.3, -0.25) is 0 Å². The lowest BCUT2D eigenvalue weighted by molar-refractivity contribution is 0.00578. The van der Waals surface area contributed by atoms with Crippen LogP contribution in [0.4, 0.5) is 5.82 Å². The Kier molecular flexibility index (Phi) is 5.21. The molecule has 1 aliphatic heterocycles. The van der Waals surface area contributed by atoms with Crippen molar-refractivity contribution in [1.29, 1.82) is 0 Å². The predicted octanol–water partition coefficient (Wildman–Crippen LogP) is 4.09. The van der Waals surface area contributed by atoms with Crippen LogP contribution in [0.2, 0.25) is 0 Å². The van der Waals surface area contributed by atoms with Crippen LogP contribution in [0, 0.1) is 6.92 Å². The summed E-state index contributed by atoms with van der Waals surface area (Å²) in [6.07, 6.45) is 0. The minimum atomic E-state index is -0.405. The van der Waals surface area contributed by atoms with Gasteiger partial charge < -0.3 is 14.2 Å². The first-order chi connectivity index (χ1) is 12.1. The second-order valence-corrected chi connectivity index (χ2v) is 8.75. The SMILES string of the molecule is Cc1nc(N(C)Cc2ccccc2)c(Br)cc1B1OC(C)(C)C(C)(C)O1. The van der Waals surface area contributed by atoms with Gasteiger partial charge in [0, 0.05) is 24.7 Å². The van der Waals surface area contributed by atoms with Crippen LogP contribution in [0.25, 0.3) is 0 Å². The average molecular weight is 417 g/mol. The van der Waals surface area contributed by atoms with Crippen molar-refractivity contribution in [1.82, 2.24) is 4.98 Å². The molecule has 1 aromatic carbocycles. The van der Waals surface area contributed by atoms with Gasteiger partial charge in [-0.05, 0) is 62.2 Å². The molecular weight excluding hydrogens is 391 g/mol. The lowest BCUT2D eigenvalue weighted by Gasteiger charge is -2.32. The van der Waals surface area contributed by atoms with Crippen molar-refractivity contribution in [2.45, 2.75) is 52.4 Å². The van der Waals surface area contributed by atoms with Crippen LogP contribution in [-0.4, -0.2) is 30.4 Å². The summed E-state index contributed by atoms with van der Waals surface area (Å²) < 4.78 is 13.3. The number of rotatable bonds is 4. The third kappa shape index (κ3) is 3.68. The van der Waals surface area contributed by atoms with Crippen molar-refractivity contribution < 1.29 is 9.31 Å². The molecule has 3 rings (SSSR count). The van der Waals surface area contributed by atoms with Crippen LogP contribution >= 0.6 is 15.9 Å². The number of nitrogens with zero attached hydrogens (tertiary/aromatic N) is 2. The van der Waals surface area contributed by atoms with Crippen LogP contribution in [0.1, 0.15) is 39.0 Å². The van der Waals surface area contributed by atoms with Crippen LogP contribution in [0.5, 0.6) is 0 Å². The summed E-state index contributed by atoms with van der Waals surface area (Å²) in [5.41, 5.74) is 2.41. The zero-order chi connectivity index (χ0) is 19.1. The Labute approximate surface area is 165 Å². The van der Waals surface area contributed by atoms with E-state index in [4.69, 9.17) is 14.3 Å². The Hall–Kier alpha value is -1.37. The van der Waals surface area contributed by atoms with Crippen LogP contribution in [0.15, 0.2) is 40.9 Å². The van der Waals surface area contributed by atoms with E-state index in [0.29, 0.717) is 0 Å². The normalized spacial score (nSPS) is 18.2. The summed E-state index contributed by atoms with van der Waals surface area (Å²) >= 11 is 3.68. The van der Waals surface area contributed by atoms with Crippen molar-refractivity contribution in [2.75, 3.05) is 11.9 Å². The van der Waals surface area contributed by atoms with Crippen molar-refractivity contribution in [2.24, 2.45) is 0 Å². The quantitative estimate of drug-likeness (QED) is 0.703. The van der Waals surface area contributed by atoms with E-state index in [1.165, 1.54) is 5.56 Å². The van der Waals surface area contributed by atoms with Gasteiger partial charge in [0.1, 0.15) is 5.82 Å². The molecule has 0 saturated carbocycles. The lowest BCUT2D eigenvalue weighted by atomic mass is 9.78. The molecular formula is C20H26BBrN2O2. The molecule has 0 atom stereocenters. The number of pyridine rings is 1. The summed E-state index contributed by atoms with van der Waals surface area (Å²) in [7, 11) is 1.64. The second kappa shape index (κ2) is 6.99. The second-order valence-electron chi connectivity index (χ2n) is 7.90. The van der Waals surface area contributed by atoms with Crippen LogP contribution in [-0.2, 0) is 15.9 Å². The van der Waals surface area contributed by atoms with Gasteiger partial charge >= 0.3 is 7.12 Å². The molecule has 1 aliphatic rings. The maximum atomic E-state index is 6.19. The van der Waals surface area contributed by atoms with Gasteiger partial charge in [0.2, 0.25) is 0 Å². The number of benzene rings is 1. The number of hydrogen-bond donors (Lipinski definition) is 0. The fourth-order valence-electron chi connectivity index (χ4n) is 2.99. The molecule has 0 bridgehead atoms. The van der Waals surface area contributed by atoms with Gasteiger partial charge in [-0.25, -0.2) is 4.98 Å². The summed E-state index contributed by atoms with van der Waals surface area (Å²) in [4.78, 5) is 6.97. The van der Waals surface area contributed by atoms with Gasteiger partial charge in [0.25, 0.3) is 0 Å². The van der Waals surface area contributed by atoms with E-state index in [1.54, 1.807) is 0 Å². The minimum Gasteiger partial charge on any atom is -0.399 e. The molecule has 0 unspecified atom stereocenters. The molecule has 138 valence electrons. The number of hydrogen-bond acceptors (Lipinski definition) is 4. The van der Waals surface area contributed by atoms with Crippen molar-refractivity contribution >= 4 is 34.3 Å². The van der Waals surface area contributed by atoms with E-state index in [0.717, 1.165) is 28.0 Å². The molecule has 6 heteroatoms. The Bertz CT molecular complexity index is 780. The molecule has 0 amide bonds. The average Bonchev–Trinajstić information content (AvgIpc) is 2.78. The van der Waals surface area contributed by atoms with E-state index in [9.17, 15) is 0 Å². The van der Waals surface area contributed by atoms with Gasteiger partial charge in [-0.1, -0.05) is 30.3 Å². The molecule has 1 fully saturated rings.